The fourth-order valence-electron chi connectivity index (χ4n) is 1.77. The molecule has 2 N–H and O–H groups in total. The second-order valence-electron chi connectivity index (χ2n) is 3.14. The predicted molar refractivity (Wildman–Crippen MR) is 48.0 cm³/mol. The molecule has 1 unspecified atom stereocenters. The molecule has 0 aromatic heterocycles. The summed E-state index contributed by atoms with van der Waals surface area (Å²) in [7, 11) is 0. The van der Waals surface area contributed by atoms with Gasteiger partial charge in [-0.1, -0.05) is 6.92 Å². The van der Waals surface area contributed by atoms with Crippen LogP contribution in [0.25, 0.3) is 0 Å². The van der Waals surface area contributed by atoms with Gasteiger partial charge in [0.1, 0.15) is 0 Å². The Morgan fingerprint density at radius 3 is 3.00 bits per heavy atom. The van der Waals surface area contributed by atoms with Gasteiger partial charge >= 0.3 is 0 Å². The van der Waals surface area contributed by atoms with E-state index < -0.39 is 0 Å². The molecule has 0 aromatic rings. The standard InChI is InChI=1S/C9H18N2/c1-2-9-5-3-4-7-11(9)8-6-10/h6,8-9H,2-5,7,10H2,1H3/b8-6-. The largest absolute Gasteiger partial charge is 0.403 e. The van der Waals surface area contributed by atoms with E-state index in [-0.39, 0.29) is 0 Å². The van der Waals surface area contributed by atoms with Crippen LogP contribution in [0.4, 0.5) is 0 Å². The molecule has 0 saturated carbocycles. The summed E-state index contributed by atoms with van der Waals surface area (Å²) in [6, 6.07) is 0.739. The number of piperidine rings is 1. The summed E-state index contributed by atoms with van der Waals surface area (Å²) in [5.74, 6) is 0. The van der Waals surface area contributed by atoms with E-state index in [9.17, 15) is 0 Å². The zero-order valence-corrected chi connectivity index (χ0v) is 7.29. The van der Waals surface area contributed by atoms with Crippen LogP contribution in [0.5, 0.6) is 0 Å². The van der Waals surface area contributed by atoms with Crippen LogP contribution in [0.2, 0.25) is 0 Å². The van der Waals surface area contributed by atoms with E-state index in [4.69, 9.17) is 5.73 Å². The molecule has 0 bridgehead atoms. The molecule has 0 radical (unpaired) electrons. The van der Waals surface area contributed by atoms with Crippen molar-refractivity contribution in [3.63, 3.8) is 0 Å². The highest BCUT2D eigenvalue weighted by atomic mass is 15.1. The molecule has 1 heterocycles. The number of hydrogen-bond acceptors (Lipinski definition) is 2. The molecule has 2 heteroatoms. The van der Waals surface area contributed by atoms with Crippen LogP contribution in [-0.4, -0.2) is 17.5 Å². The molecule has 64 valence electrons. The van der Waals surface area contributed by atoms with Crippen molar-refractivity contribution < 1.29 is 0 Å². The van der Waals surface area contributed by atoms with Crippen LogP contribution in [0.1, 0.15) is 32.6 Å². The lowest BCUT2D eigenvalue weighted by Gasteiger charge is -2.34. The zero-order chi connectivity index (χ0) is 8.10. The van der Waals surface area contributed by atoms with Gasteiger partial charge in [-0.25, -0.2) is 0 Å². The molecule has 1 fully saturated rings. The quantitative estimate of drug-likeness (QED) is 0.655. The Balaban J connectivity index is 2.44. The van der Waals surface area contributed by atoms with E-state index >= 15 is 0 Å². The molecule has 0 aliphatic carbocycles. The number of likely N-dealkylation sites (tertiary alicyclic amines) is 1. The van der Waals surface area contributed by atoms with Gasteiger partial charge in [-0.2, -0.15) is 0 Å². The number of nitrogens with two attached hydrogens (primary N) is 1. The maximum atomic E-state index is 5.35. The number of rotatable bonds is 2. The number of nitrogens with zero attached hydrogens (tertiary/aromatic N) is 1. The molecule has 1 atom stereocenters. The van der Waals surface area contributed by atoms with Gasteiger partial charge in [-0.15, -0.1) is 0 Å². The van der Waals surface area contributed by atoms with Crippen LogP contribution in [0, 0.1) is 0 Å². The third-order valence-corrected chi connectivity index (χ3v) is 2.42. The van der Waals surface area contributed by atoms with Crippen molar-refractivity contribution in [1.82, 2.24) is 4.90 Å². The van der Waals surface area contributed by atoms with E-state index in [1.165, 1.54) is 32.2 Å². The highest BCUT2D eigenvalue weighted by molar-refractivity contribution is 4.85. The van der Waals surface area contributed by atoms with Crippen molar-refractivity contribution in [2.45, 2.75) is 38.6 Å². The monoisotopic (exact) mass is 154 g/mol. The first kappa shape index (κ1) is 8.44. The van der Waals surface area contributed by atoms with Crippen molar-refractivity contribution in [1.29, 1.82) is 0 Å². The minimum absolute atomic E-state index is 0.739. The Kier molecular flexibility index (Phi) is 3.27. The lowest BCUT2D eigenvalue weighted by molar-refractivity contribution is 0.207. The lowest BCUT2D eigenvalue weighted by atomic mass is 10.0. The van der Waals surface area contributed by atoms with Gasteiger partial charge in [0.05, 0.1) is 0 Å². The van der Waals surface area contributed by atoms with Gasteiger partial charge in [-0.3, -0.25) is 0 Å². The smallest absolute Gasteiger partial charge is 0.0282 e. The molecule has 1 aliphatic heterocycles. The summed E-state index contributed by atoms with van der Waals surface area (Å²) >= 11 is 0. The summed E-state index contributed by atoms with van der Waals surface area (Å²) in [6.45, 7) is 3.43. The molecular formula is C9H18N2. The van der Waals surface area contributed by atoms with E-state index in [1.54, 1.807) is 6.20 Å². The van der Waals surface area contributed by atoms with Crippen molar-refractivity contribution in [3.8, 4) is 0 Å². The molecule has 11 heavy (non-hydrogen) atoms. The zero-order valence-electron chi connectivity index (χ0n) is 7.29. The summed E-state index contributed by atoms with van der Waals surface area (Å²) in [5.41, 5.74) is 5.35. The normalized spacial score (nSPS) is 26.3. The first-order chi connectivity index (χ1) is 5.38. The molecule has 0 amide bonds. The maximum absolute atomic E-state index is 5.35. The summed E-state index contributed by atoms with van der Waals surface area (Å²) in [6.07, 6.45) is 8.95. The Labute approximate surface area is 69.1 Å². The van der Waals surface area contributed by atoms with Crippen LogP contribution >= 0.6 is 0 Å². The maximum Gasteiger partial charge on any atom is 0.0282 e. The minimum atomic E-state index is 0.739. The van der Waals surface area contributed by atoms with Gasteiger partial charge in [0.15, 0.2) is 0 Å². The number of hydrogen-bond donors (Lipinski definition) is 1. The Hall–Kier alpha value is -0.660. The van der Waals surface area contributed by atoms with Crippen LogP contribution in [-0.2, 0) is 0 Å². The van der Waals surface area contributed by atoms with Crippen LogP contribution in [0.15, 0.2) is 12.4 Å². The third-order valence-electron chi connectivity index (χ3n) is 2.42. The molecule has 1 saturated heterocycles. The van der Waals surface area contributed by atoms with Crippen LogP contribution in [0.3, 0.4) is 0 Å². The van der Waals surface area contributed by atoms with Crippen molar-refractivity contribution in [2.75, 3.05) is 6.54 Å². The Morgan fingerprint density at radius 2 is 2.36 bits per heavy atom. The van der Waals surface area contributed by atoms with Gasteiger partial charge < -0.3 is 10.6 Å². The van der Waals surface area contributed by atoms with Crippen molar-refractivity contribution in [3.05, 3.63) is 12.4 Å². The Morgan fingerprint density at radius 1 is 1.55 bits per heavy atom. The van der Waals surface area contributed by atoms with Gasteiger partial charge in [0, 0.05) is 25.0 Å². The predicted octanol–water partition coefficient (Wildman–Crippen LogP) is 1.68. The molecule has 2 nitrogen and oxygen atoms in total. The first-order valence-corrected chi connectivity index (χ1v) is 4.52. The van der Waals surface area contributed by atoms with Crippen molar-refractivity contribution in [2.24, 2.45) is 5.73 Å². The summed E-state index contributed by atoms with van der Waals surface area (Å²) in [4.78, 5) is 2.36. The highest BCUT2D eigenvalue weighted by Gasteiger charge is 2.16. The summed E-state index contributed by atoms with van der Waals surface area (Å²) in [5, 5.41) is 0. The lowest BCUT2D eigenvalue weighted by Crippen LogP contribution is -2.34. The third kappa shape index (κ3) is 2.14. The van der Waals surface area contributed by atoms with E-state index in [1.807, 2.05) is 6.20 Å². The van der Waals surface area contributed by atoms with E-state index in [2.05, 4.69) is 11.8 Å². The average molecular weight is 154 g/mol. The van der Waals surface area contributed by atoms with Crippen molar-refractivity contribution >= 4 is 0 Å². The molecule has 0 spiro atoms. The fourth-order valence-corrected chi connectivity index (χ4v) is 1.77. The Bertz CT molecular complexity index is 132. The second kappa shape index (κ2) is 4.27. The molecular weight excluding hydrogens is 136 g/mol. The molecule has 1 rings (SSSR count). The fraction of sp³-hybridized carbons (Fsp3) is 0.778. The highest BCUT2D eigenvalue weighted by Crippen LogP contribution is 2.18. The van der Waals surface area contributed by atoms with E-state index in [0.29, 0.717) is 0 Å². The van der Waals surface area contributed by atoms with Gasteiger partial charge in [0.2, 0.25) is 0 Å². The second-order valence-corrected chi connectivity index (χ2v) is 3.14. The van der Waals surface area contributed by atoms with Gasteiger partial charge in [0.25, 0.3) is 0 Å². The summed E-state index contributed by atoms with van der Waals surface area (Å²) < 4.78 is 0. The first-order valence-electron chi connectivity index (χ1n) is 4.52. The van der Waals surface area contributed by atoms with Crippen LogP contribution < -0.4 is 5.73 Å². The topological polar surface area (TPSA) is 29.3 Å². The average Bonchev–Trinajstić information content (AvgIpc) is 2.06. The molecule has 0 aromatic carbocycles. The van der Waals surface area contributed by atoms with E-state index in [0.717, 1.165) is 6.04 Å². The SMILES string of the molecule is CCC1CCCCN1/C=C\N. The van der Waals surface area contributed by atoms with Gasteiger partial charge in [-0.05, 0) is 25.7 Å². The molecule has 1 aliphatic rings. The minimum Gasteiger partial charge on any atom is -0.403 e.